The molecule has 0 aromatic heterocycles. The zero-order chi connectivity index (χ0) is 17.9. The summed E-state index contributed by atoms with van der Waals surface area (Å²) in [6.07, 6.45) is -0.491. The molecule has 2 rings (SSSR count). The Labute approximate surface area is 141 Å². The highest BCUT2D eigenvalue weighted by Gasteiger charge is 2.16. The monoisotopic (exact) mass is 330 g/mol. The average Bonchev–Trinajstić information content (AvgIpc) is 2.44. The van der Waals surface area contributed by atoms with Gasteiger partial charge in [-0.15, -0.1) is 0 Å². The van der Waals surface area contributed by atoms with E-state index in [2.05, 4.69) is 5.32 Å². The second-order valence-corrected chi connectivity index (χ2v) is 6.76. The Bertz CT molecular complexity index is 752. The smallest absolute Gasteiger partial charge is 0.407 e. The molecule has 0 aliphatic heterocycles. The number of benzene rings is 2. The van der Waals surface area contributed by atoms with Gasteiger partial charge in [-0.05, 0) is 51.0 Å². The lowest BCUT2D eigenvalue weighted by atomic mass is 10.00. The predicted octanol–water partition coefficient (Wildman–Crippen LogP) is 4.41. The lowest BCUT2D eigenvalue weighted by Crippen LogP contribution is -2.32. The summed E-state index contributed by atoms with van der Waals surface area (Å²) in [6, 6.07) is 10.3. The average molecular weight is 330 g/mol. The van der Waals surface area contributed by atoms with Crippen LogP contribution in [0.15, 0.2) is 36.4 Å². The number of ether oxygens (including phenoxy) is 1. The molecule has 0 fully saturated rings. The number of anilines is 1. The first kappa shape index (κ1) is 17.8. The van der Waals surface area contributed by atoms with E-state index in [9.17, 15) is 9.18 Å². The fourth-order valence-electron chi connectivity index (χ4n) is 2.29. The van der Waals surface area contributed by atoms with Crippen molar-refractivity contribution in [1.82, 2.24) is 5.32 Å². The molecule has 0 saturated heterocycles. The molecule has 128 valence electrons. The molecule has 0 heterocycles. The van der Waals surface area contributed by atoms with Crippen LogP contribution in [0.3, 0.4) is 0 Å². The van der Waals surface area contributed by atoms with Gasteiger partial charge in [0.05, 0.1) is 0 Å². The van der Waals surface area contributed by atoms with Crippen LogP contribution in [0.4, 0.5) is 14.9 Å². The number of amides is 1. The van der Waals surface area contributed by atoms with Gasteiger partial charge in [-0.3, -0.25) is 0 Å². The molecule has 0 atom stereocenters. The van der Waals surface area contributed by atoms with E-state index in [1.54, 1.807) is 39.0 Å². The molecule has 0 unspecified atom stereocenters. The maximum atomic E-state index is 14.1. The zero-order valence-corrected chi connectivity index (χ0v) is 14.4. The fourth-order valence-corrected chi connectivity index (χ4v) is 2.29. The lowest BCUT2D eigenvalue weighted by Gasteiger charge is -2.19. The van der Waals surface area contributed by atoms with Crippen LogP contribution in [-0.2, 0) is 11.3 Å². The van der Waals surface area contributed by atoms with Crippen molar-refractivity contribution in [2.45, 2.75) is 39.8 Å². The van der Waals surface area contributed by atoms with Crippen LogP contribution in [0.5, 0.6) is 0 Å². The molecule has 0 radical (unpaired) electrons. The number of carbonyl (C=O) groups is 1. The Kier molecular flexibility index (Phi) is 5.12. The van der Waals surface area contributed by atoms with Gasteiger partial charge in [0.1, 0.15) is 11.4 Å². The summed E-state index contributed by atoms with van der Waals surface area (Å²) in [5.41, 5.74) is 8.74. The summed E-state index contributed by atoms with van der Waals surface area (Å²) in [5.74, 6) is -0.304. The van der Waals surface area contributed by atoms with Crippen molar-refractivity contribution in [3.63, 3.8) is 0 Å². The minimum absolute atomic E-state index is 0.287. The molecule has 1 amide bonds. The van der Waals surface area contributed by atoms with Gasteiger partial charge in [-0.25, -0.2) is 9.18 Å². The first-order valence-corrected chi connectivity index (χ1v) is 7.77. The molecule has 3 N–H and O–H groups in total. The molecule has 5 heteroatoms. The Morgan fingerprint density at radius 2 is 1.83 bits per heavy atom. The van der Waals surface area contributed by atoms with Crippen molar-refractivity contribution < 1.29 is 13.9 Å². The molecular formula is C19H23FN2O2. The number of hydrogen-bond acceptors (Lipinski definition) is 3. The van der Waals surface area contributed by atoms with Crippen molar-refractivity contribution in [1.29, 1.82) is 0 Å². The van der Waals surface area contributed by atoms with E-state index in [1.165, 1.54) is 6.07 Å². The molecule has 0 aliphatic carbocycles. The number of halogens is 1. The van der Waals surface area contributed by atoms with Crippen LogP contribution in [0, 0.1) is 12.7 Å². The summed E-state index contributed by atoms with van der Waals surface area (Å²) >= 11 is 0. The normalized spacial score (nSPS) is 11.2. The van der Waals surface area contributed by atoms with Gasteiger partial charge < -0.3 is 15.8 Å². The third-order valence-electron chi connectivity index (χ3n) is 3.37. The van der Waals surface area contributed by atoms with Gasteiger partial charge in [0.15, 0.2) is 0 Å². The molecule has 0 spiro atoms. The standard InChI is InChI=1S/C19H23FN2O2/c1-12-5-7-14(16(20)9-12)15-8-6-13(10-17(15)21)11-22-18(23)24-19(2,3)4/h5-10H,11,21H2,1-4H3,(H,22,23). The highest BCUT2D eigenvalue weighted by molar-refractivity contribution is 5.77. The lowest BCUT2D eigenvalue weighted by molar-refractivity contribution is 0.0523. The van der Waals surface area contributed by atoms with Gasteiger partial charge in [0.25, 0.3) is 0 Å². The largest absolute Gasteiger partial charge is 0.444 e. The Morgan fingerprint density at radius 3 is 2.42 bits per heavy atom. The Morgan fingerprint density at radius 1 is 1.17 bits per heavy atom. The van der Waals surface area contributed by atoms with Gasteiger partial charge in [0, 0.05) is 23.4 Å². The summed E-state index contributed by atoms with van der Waals surface area (Å²) in [4.78, 5) is 11.7. The van der Waals surface area contributed by atoms with E-state index >= 15 is 0 Å². The van der Waals surface area contributed by atoms with Crippen LogP contribution >= 0.6 is 0 Å². The number of nitrogen functional groups attached to an aromatic ring is 1. The minimum atomic E-state index is -0.546. The summed E-state index contributed by atoms with van der Waals surface area (Å²) < 4.78 is 19.3. The highest BCUT2D eigenvalue weighted by atomic mass is 19.1. The quantitative estimate of drug-likeness (QED) is 0.819. The van der Waals surface area contributed by atoms with Crippen molar-refractivity contribution in [3.8, 4) is 11.1 Å². The van der Waals surface area contributed by atoms with Crippen molar-refractivity contribution in [2.75, 3.05) is 5.73 Å². The van der Waals surface area contributed by atoms with E-state index in [0.717, 1.165) is 11.1 Å². The molecular weight excluding hydrogens is 307 g/mol. The molecule has 24 heavy (non-hydrogen) atoms. The number of aryl methyl sites for hydroxylation is 1. The molecule has 0 saturated carbocycles. The first-order valence-electron chi connectivity index (χ1n) is 7.77. The summed E-state index contributed by atoms with van der Waals surface area (Å²) in [7, 11) is 0. The van der Waals surface area contributed by atoms with E-state index in [0.29, 0.717) is 16.8 Å². The second kappa shape index (κ2) is 6.91. The fraction of sp³-hybridized carbons (Fsp3) is 0.316. The SMILES string of the molecule is Cc1ccc(-c2ccc(CNC(=O)OC(C)(C)C)cc2N)c(F)c1. The number of nitrogens with two attached hydrogens (primary N) is 1. The van der Waals surface area contributed by atoms with Crippen LogP contribution in [0.1, 0.15) is 31.9 Å². The molecule has 0 bridgehead atoms. The van der Waals surface area contributed by atoms with Crippen molar-refractivity contribution in [3.05, 3.63) is 53.3 Å². The topological polar surface area (TPSA) is 64.3 Å². The van der Waals surface area contributed by atoms with Gasteiger partial charge in [-0.2, -0.15) is 0 Å². The maximum absolute atomic E-state index is 14.1. The first-order chi connectivity index (χ1) is 11.2. The van der Waals surface area contributed by atoms with Gasteiger partial charge in [0.2, 0.25) is 0 Å². The highest BCUT2D eigenvalue weighted by Crippen LogP contribution is 2.29. The number of carbonyl (C=O) groups excluding carboxylic acids is 1. The third-order valence-corrected chi connectivity index (χ3v) is 3.37. The number of nitrogens with one attached hydrogen (secondary N) is 1. The Balaban J connectivity index is 2.11. The van der Waals surface area contributed by atoms with Crippen molar-refractivity contribution in [2.24, 2.45) is 0 Å². The predicted molar refractivity (Wildman–Crippen MR) is 94.1 cm³/mol. The Hall–Kier alpha value is -2.56. The zero-order valence-electron chi connectivity index (χ0n) is 14.4. The summed E-state index contributed by atoms with van der Waals surface area (Å²) in [5, 5.41) is 2.67. The molecule has 2 aromatic carbocycles. The van der Waals surface area contributed by atoms with Gasteiger partial charge in [-0.1, -0.05) is 24.3 Å². The molecule has 4 nitrogen and oxygen atoms in total. The maximum Gasteiger partial charge on any atom is 0.407 e. The number of rotatable bonds is 3. The van der Waals surface area contributed by atoms with E-state index < -0.39 is 11.7 Å². The number of alkyl carbamates (subject to hydrolysis) is 1. The number of hydrogen-bond donors (Lipinski definition) is 2. The second-order valence-electron chi connectivity index (χ2n) is 6.76. The van der Waals surface area contributed by atoms with E-state index in [-0.39, 0.29) is 12.4 Å². The van der Waals surface area contributed by atoms with Gasteiger partial charge >= 0.3 is 6.09 Å². The van der Waals surface area contributed by atoms with E-state index in [1.807, 2.05) is 19.1 Å². The van der Waals surface area contributed by atoms with E-state index in [4.69, 9.17) is 10.5 Å². The summed E-state index contributed by atoms with van der Waals surface area (Å²) in [6.45, 7) is 7.53. The van der Waals surface area contributed by atoms with Crippen LogP contribution in [-0.4, -0.2) is 11.7 Å². The third kappa shape index (κ3) is 4.72. The van der Waals surface area contributed by atoms with Crippen LogP contribution < -0.4 is 11.1 Å². The molecule has 0 aliphatic rings. The van der Waals surface area contributed by atoms with Crippen LogP contribution in [0.2, 0.25) is 0 Å². The molecule has 2 aromatic rings. The minimum Gasteiger partial charge on any atom is -0.444 e. The van der Waals surface area contributed by atoms with Crippen LogP contribution in [0.25, 0.3) is 11.1 Å². The van der Waals surface area contributed by atoms with Crippen molar-refractivity contribution >= 4 is 11.8 Å².